The number of carbonyl (C=O) groups excluding carboxylic acids is 1. The molecule has 1 rings (SSSR count). The summed E-state index contributed by atoms with van der Waals surface area (Å²) in [5.41, 5.74) is 0. The van der Waals surface area contributed by atoms with E-state index in [1.807, 2.05) is 0 Å². The zero-order chi connectivity index (χ0) is 16.2. The zero-order valence-electron chi connectivity index (χ0n) is 14.0. The third-order valence-corrected chi connectivity index (χ3v) is 4.31. The molecule has 0 aliphatic carbocycles. The van der Waals surface area contributed by atoms with Crippen LogP contribution in [0.2, 0.25) is 0 Å². The minimum Gasteiger partial charge on any atom is -0.481 e. The topological polar surface area (TPSA) is 66.9 Å². The molecule has 0 amide bonds. The van der Waals surface area contributed by atoms with Gasteiger partial charge in [0.2, 0.25) is 0 Å². The van der Waals surface area contributed by atoms with Crippen molar-refractivity contribution in [2.24, 2.45) is 0 Å². The lowest BCUT2D eigenvalue weighted by Gasteiger charge is -2.00. The quantitative estimate of drug-likeness (QED) is 0.357. The Kier molecular flexibility index (Phi) is 10.1. The van der Waals surface area contributed by atoms with Crippen molar-refractivity contribution in [1.29, 1.82) is 0 Å². The summed E-state index contributed by atoms with van der Waals surface area (Å²) < 4.78 is 5.49. The highest BCUT2D eigenvalue weighted by Crippen LogP contribution is 2.29. The molecule has 1 aliphatic rings. The van der Waals surface area contributed by atoms with Crippen molar-refractivity contribution in [2.75, 3.05) is 0 Å². The standard InChI is InChI=1S/C18H32O4/c1-2-3-4-9-12-15(19)18-16(22-18)13-10-7-5-6-8-11-14-17(20)21/h16,18H,2-14H2,1H3,(H,20,21)/t16-,18+/m1/s1. The first-order valence-electron chi connectivity index (χ1n) is 9.05. The maximum absolute atomic E-state index is 11.9. The van der Waals surface area contributed by atoms with Crippen LogP contribution in [-0.2, 0) is 14.3 Å². The van der Waals surface area contributed by atoms with Crippen LogP contribution >= 0.6 is 0 Å². The van der Waals surface area contributed by atoms with Gasteiger partial charge in [0.05, 0.1) is 6.10 Å². The Bertz CT molecular complexity index is 327. The van der Waals surface area contributed by atoms with Crippen molar-refractivity contribution in [1.82, 2.24) is 0 Å². The van der Waals surface area contributed by atoms with Crippen LogP contribution in [0.4, 0.5) is 0 Å². The van der Waals surface area contributed by atoms with E-state index >= 15 is 0 Å². The molecule has 128 valence electrons. The third-order valence-electron chi connectivity index (χ3n) is 4.31. The van der Waals surface area contributed by atoms with Gasteiger partial charge in [0.1, 0.15) is 6.10 Å². The lowest BCUT2D eigenvalue weighted by atomic mass is 10.0. The molecule has 1 N–H and O–H groups in total. The maximum atomic E-state index is 11.9. The number of unbranched alkanes of at least 4 members (excludes halogenated alkanes) is 8. The molecule has 1 fully saturated rings. The monoisotopic (exact) mass is 312 g/mol. The number of carboxylic acid groups (broad SMARTS) is 1. The SMILES string of the molecule is CCCCCCC(=O)[C@@H]1O[C@@H]1CCCCCCCCC(=O)O. The number of hydrogen-bond acceptors (Lipinski definition) is 3. The summed E-state index contributed by atoms with van der Waals surface area (Å²) in [6.45, 7) is 2.17. The van der Waals surface area contributed by atoms with Crippen LogP contribution in [0.25, 0.3) is 0 Å². The fraction of sp³-hybridized carbons (Fsp3) is 0.889. The van der Waals surface area contributed by atoms with Crippen LogP contribution in [0.5, 0.6) is 0 Å². The van der Waals surface area contributed by atoms with E-state index in [9.17, 15) is 9.59 Å². The predicted molar refractivity (Wildman–Crippen MR) is 87.0 cm³/mol. The third kappa shape index (κ3) is 9.19. The Labute approximate surface area is 134 Å². The van der Waals surface area contributed by atoms with Crippen LogP contribution in [0.3, 0.4) is 0 Å². The molecule has 0 aromatic heterocycles. The molecular weight excluding hydrogens is 280 g/mol. The highest BCUT2D eigenvalue weighted by Gasteiger charge is 2.43. The van der Waals surface area contributed by atoms with Gasteiger partial charge in [0.25, 0.3) is 0 Å². The van der Waals surface area contributed by atoms with Crippen LogP contribution < -0.4 is 0 Å². The number of epoxide rings is 1. The molecule has 0 saturated carbocycles. The van der Waals surface area contributed by atoms with Crippen LogP contribution in [0, 0.1) is 0 Å². The second-order valence-electron chi connectivity index (χ2n) is 6.43. The van der Waals surface area contributed by atoms with Crippen molar-refractivity contribution in [2.45, 2.75) is 103 Å². The van der Waals surface area contributed by atoms with Crippen molar-refractivity contribution >= 4 is 11.8 Å². The van der Waals surface area contributed by atoms with Crippen molar-refractivity contribution < 1.29 is 19.4 Å². The van der Waals surface area contributed by atoms with E-state index in [4.69, 9.17) is 9.84 Å². The van der Waals surface area contributed by atoms with Crippen LogP contribution in [0.15, 0.2) is 0 Å². The smallest absolute Gasteiger partial charge is 0.303 e. The summed E-state index contributed by atoms with van der Waals surface area (Å²) in [5.74, 6) is -0.397. The first-order chi connectivity index (χ1) is 10.6. The fourth-order valence-corrected chi connectivity index (χ4v) is 2.84. The summed E-state index contributed by atoms with van der Waals surface area (Å²) in [6.07, 6.45) is 13.0. The number of Topliss-reactive ketones (excluding diaryl/α,β-unsaturated/α-hetero) is 1. The molecule has 2 atom stereocenters. The number of rotatable bonds is 15. The van der Waals surface area contributed by atoms with E-state index in [1.165, 1.54) is 12.8 Å². The second-order valence-corrected chi connectivity index (χ2v) is 6.43. The predicted octanol–water partition coefficient (Wildman–Crippen LogP) is 4.50. The first kappa shape index (κ1) is 19.1. The van der Waals surface area contributed by atoms with Crippen molar-refractivity contribution in [3.63, 3.8) is 0 Å². The molecule has 0 aromatic carbocycles. The number of hydrogen-bond donors (Lipinski definition) is 1. The number of carbonyl (C=O) groups is 2. The van der Waals surface area contributed by atoms with E-state index in [0.717, 1.165) is 57.8 Å². The molecule has 1 aliphatic heterocycles. The van der Waals surface area contributed by atoms with Crippen molar-refractivity contribution in [3.8, 4) is 0 Å². The molecule has 1 saturated heterocycles. The molecule has 0 radical (unpaired) electrons. The normalized spacial score (nSPS) is 20.0. The zero-order valence-corrected chi connectivity index (χ0v) is 14.0. The molecule has 4 nitrogen and oxygen atoms in total. The van der Waals surface area contributed by atoms with Gasteiger partial charge in [-0.15, -0.1) is 0 Å². The van der Waals surface area contributed by atoms with Gasteiger partial charge in [-0.3, -0.25) is 9.59 Å². The van der Waals surface area contributed by atoms with Gasteiger partial charge < -0.3 is 9.84 Å². The van der Waals surface area contributed by atoms with E-state index in [1.54, 1.807) is 0 Å². The number of ether oxygens (including phenoxy) is 1. The minimum atomic E-state index is -0.698. The van der Waals surface area contributed by atoms with Crippen LogP contribution in [-0.4, -0.2) is 29.1 Å². The van der Waals surface area contributed by atoms with Gasteiger partial charge in [-0.05, 0) is 19.3 Å². The Morgan fingerprint density at radius 3 is 2.14 bits per heavy atom. The summed E-state index contributed by atoms with van der Waals surface area (Å²) in [4.78, 5) is 22.2. The highest BCUT2D eigenvalue weighted by molar-refractivity contribution is 5.85. The molecule has 1 heterocycles. The molecule has 4 heteroatoms. The molecule has 0 spiro atoms. The number of aliphatic carboxylic acids is 1. The van der Waals surface area contributed by atoms with Gasteiger partial charge in [-0.2, -0.15) is 0 Å². The molecule has 0 bridgehead atoms. The van der Waals surface area contributed by atoms with E-state index in [-0.39, 0.29) is 18.6 Å². The van der Waals surface area contributed by atoms with Gasteiger partial charge in [-0.25, -0.2) is 0 Å². The van der Waals surface area contributed by atoms with Gasteiger partial charge in [0, 0.05) is 12.8 Å². The fourth-order valence-electron chi connectivity index (χ4n) is 2.84. The Balaban J connectivity index is 1.87. The lowest BCUT2D eigenvalue weighted by Crippen LogP contribution is -2.09. The Hall–Kier alpha value is -0.900. The largest absolute Gasteiger partial charge is 0.481 e. The first-order valence-corrected chi connectivity index (χ1v) is 9.05. The molecule has 22 heavy (non-hydrogen) atoms. The Morgan fingerprint density at radius 1 is 0.864 bits per heavy atom. The molecular formula is C18H32O4. The van der Waals surface area contributed by atoms with E-state index in [0.29, 0.717) is 12.2 Å². The summed E-state index contributed by atoms with van der Waals surface area (Å²) in [6, 6.07) is 0. The maximum Gasteiger partial charge on any atom is 0.303 e. The highest BCUT2D eigenvalue weighted by atomic mass is 16.6. The van der Waals surface area contributed by atoms with Gasteiger partial charge in [0.15, 0.2) is 5.78 Å². The summed E-state index contributed by atoms with van der Waals surface area (Å²) >= 11 is 0. The van der Waals surface area contributed by atoms with Crippen LogP contribution in [0.1, 0.15) is 90.4 Å². The molecule has 0 aromatic rings. The molecule has 0 unspecified atom stereocenters. The van der Waals surface area contributed by atoms with Crippen molar-refractivity contribution in [3.05, 3.63) is 0 Å². The average molecular weight is 312 g/mol. The Morgan fingerprint density at radius 2 is 1.45 bits per heavy atom. The number of carboxylic acids is 1. The van der Waals surface area contributed by atoms with E-state index < -0.39 is 5.97 Å². The average Bonchev–Trinajstić information content (AvgIpc) is 3.25. The summed E-state index contributed by atoms with van der Waals surface area (Å²) in [7, 11) is 0. The summed E-state index contributed by atoms with van der Waals surface area (Å²) in [5, 5.41) is 8.53. The van der Waals surface area contributed by atoms with Gasteiger partial charge >= 0.3 is 5.97 Å². The van der Waals surface area contributed by atoms with E-state index in [2.05, 4.69) is 6.92 Å². The number of ketones is 1. The lowest BCUT2D eigenvalue weighted by molar-refractivity contribution is -0.137. The van der Waals surface area contributed by atoms with Gasteiger partial charge in [-0.1, -0.05) is 58.3 Å². The minimum absolute atomic E-state index is 0.0998. The second kappa shape index (κ2) is 11.6.